The largest absolute Gasteiger partial charge is 0.450 e. The van der Waals surface area contributed by atoms with Crippen molar-refractivity contribution in [2.45, 2.75) is 64.6 Å². The number of amides is 1. The van der Waals surface area contributed by atoms with Gasteiger partial charge in [0.25, 0.3) is 0 Å². The van der Waals surface area contributed by atoms with Crippen LogP contribution in [0.3, 0.4) is 0 Å². The number of ether oxygens (including phenoxy) is 1. The Bertz CT molecular complexity index is 465. The average Bonchev–Trinajstić information content (AvgIpc) is 2.54. The Balaban J connectivity index is 2.72. The van der Waals surface area contributed by atoms with Gasteiger partial charge in [0, 0.05) is 6.04 Å². The molecule has 1 unspecified atom stereocenters. The van der Waals surface area contributed by atoms with Crippen molar-refractivity contribution >= 4 is 6.09 Å². The second-order valence-corrected chi connectivity index (χ2v) is 6.71. The van der Waals surface area contributed by atoms with Gasteiger partial charge in [0.05, 0.1) is 18.8 Å². The molecule has 1 aromatic rings. The third-order valence-corrected chi connectivity index (χ3v) is 3.93. The number of hydrogen-bond acceptors (Lipinski definition) is 4. The first kappa shape index (κ1) is 20.5. The number of aliphatic hydroxyl groups is 1. The van der Waals surface area contributed by atoms with Gasteiger partial charge in [-0.15, -0.1) is 0 Å². The normalized spacial score (nSPS) is 14.9. The van der Waals surface area contributed by atoms with Crippen LogP contribution in [0.5, 0.6) is 0 Å². The van der Waals surface area contributed by atoms with E-state index in [9.17, 15) is 9.90 Å². The molecule has 0 radical (unpaired) electrons. The summed E-state index contributed by atoms with van der Waals surface area (Å²) in [5.41, 5.74) is 7.16. The highest BCUT2D eigenvalue weighted by Crippen LogP contribution is 2.13. The van der Waals surface area contributed by atoms with Gasteiger partial charge in [0.1, 0.15) is 0 Å². The Labute approximate surface area is 145 Å². The maximum absolute atomic E-state index is 12.0. The van der Waals surface area contributed by atoms with E-state index in [2.05, 4.69) is 19.2 Å². The summed E-state index contributed by atoms with van der Waals surface area (Å²) in [5.74, 6) is 0.378. The van der Waals surface area contributed by atoms with Gasteiger partial charge in [0.2, 0.25) is 0 Å². The molecule has 0 aliphatic rings. The van der Waals surface area contributed by atoms with E-state index in [1.165, 1.54) is 0 Å². The molecule has 5 heteroatoms. The summed E-state index contributed by atoms with van der Waals surface area (Å²) in [5, 5.41) is 13.4. The second kappa shape index (κ2) is 11.0. The lowest BCUT2D eigenvalue weighted by Gasteiger charge is -2.29. The topological polar surface area (TPSA) is 84.6 Å². The maximum Gasteiger partial charge on any atom is 0.407 e. The number of carbonyl (C=O) groups excluding carboxylic acids is 1. The number of unbranched alkanes of at least 4 members (excludes halogenated alkanes) is 1. The molecule has 0 aliphatic carbocycles. The number of nitrogens with one attached hydrogen (secondary N) is 1. The highest BCUT2D eigenvalue weighted by molar-refractivity contribution is 5.67. The van der Waals surface area contributed by atoms with E-state index in [1.54, 1.807) is 0 Å². The van der Waals surface area contributed by atoms with Gasteiger partial charge in [-0.1, -0.05) is 57.5 Å². The van der Waals surface area contributed by atoms with Crippen LogP contribution < -0.4 is 11.1 Å². The Morgan fingerprint density at radius 2 is 1.96 bits per heavy atom. The fourth-order valence-electron chi connectivity index (χ4n) is 2.61. The lowest BCUT2D eigenvalue weighted by atomic mass is 9.92. The van der Waals surface area contributed by atoms with Crippen LogP contribution in [0.15, 0.2) is 30.3 Å². The van der Waals surface area contributed by atoms with Gasteiger partial charge >= 0.3 is 6.09 Å². The zero-order valence-corrected chi connectivity index (χ0v) is 15.1. The van der Waals surface area contributed by atoms with Crippen LogP contribution in [-0.2, 0) is 11.2 Å². The lowest BCUT2D eigenvalue weighted by molar-refractivity contribution is 0.0819. The Kier molecular flexibility index (Phi) is 9.42. The molecule has 0 saturated carbocycles. The van der Waals surface area contributed by atoms with E-state index in [1.807, 2.05) is 37.3 Å². The monoisotopic (exact) mass is 336 g/mol. The fourth-order valence-corrected chi connectivity index (χ4v) is 2.61. The molecule has 0 aromatic heterocycles. The minimum atomic E-state index is -0.827. The van der Waals surface area contributed by atoms with E-state index in [4.69, 9.17) is 10.5 Å². The third-order valence-electron chi connectivity index (χ3n) is 3.93. The zero-order valence-electron chi connectivity index (χ0n) is 15.1. The number of alkyl carbamates (subject to hydrolysis) is 1. The Morgan fingerprint density at radius 3 is 2.54 bits per heavy atom. The molecule has 24 heavy (non-hydrogen) atoms. The van der Waals surface area contributed by atoms with E-state index >= 15 is 0 Å². The highest BCUT2D eigenvalue weighted by atomic mass is 16.5. The van der Waals surface area contributed by atoms with Gasteiger partial charge in [-0.25, -0.2) is 4.79 Å². The summed E-state index contributed by atoms with van der Waals surface area (Å²) in [6, 6.07) is 8.88. The van der Waals surface area contributed by atoms with Crippen LogP contribution in [0.1, 0.15) is 45.6 Å². The summed E-state index contributed by atoms with van der Waals surface area (Å²) in [6.07, 6.45) is 1.66. The van der Waals surface area contributed by atoms with E-state index in [-0.39, 0.29) is 0 Å². The Morgan fingerprint density at radius 1 is 1.29 bits per heavy atom. The van der Waals surface area contributed by atoms with Gasteiger partial charge < -0.3 is 20.9 Å². The minimum absolute atomic E-state index is 0.378. The van der Waals surface area contributed by atoms with Crippen molar-refractivity contribution in [3.63, 3.8) is 0 Å². The van der Waals surface area contributed by atoms with Crippen LogP contribution in [-0.4, -0.2) is 36.0 Å². The average molecular weight is 336 g/mol. The molecule has 136 valence electrons. The quantitative estimate of drug-likeness (QED) is 0.574. The first-order chi connectivity index (χ1) is 11.4. The molecule has 0 heterocycles. The van der Waals surface area contributed by atoms with Gasteiger partial charge in [-0.05, 0) is 30.7 Å². The van der Waals surface area contributed by atoms with Crippen molar-refractivity contribution in [2.24, 2.45) is 11.7 Å². The predicted molar refractivity (Wildman–Crippen MR) is 96.8 cm³/mol. The molecule has 0 bridgehead atoms. The first-order valence-corrected chi connectivity index (χ1v) is 8.84. The molecule has 0 aliphatic heterocycles. The van der Waals surface area contributed by atoms with Crippen molar-refractivity contribution in [1.29, 1.82) is 0 Å². The number of rotatable bonds is 10. The van der Waals surface area contributed by atoms with Gasteiger partial charge in [-0.2, -0.15) is 0 Å². The summed E-state index contributed by atoms with van der Waals surface area (Å²) >= 11 is 0. The third kappa shape index (κ3) is 7.79. The Hall–Kier alpha value is -1.59. The van der Waals surface area contributed by atoms with Crippen LogP contribution in [0.4, 0.5) is 4.79 Å². The number of aliphatic hydroxyl groups excluding tert-OH is 1. The molecule has 1 amide bonds. The number of benzene rings is 1. The molecule has 0 saturated heterocycles. The van der Waals surface area contributed by atoms with Crippen molar-refractivity contribution in [3.8, 4) is 0 Å². The standard InChI is InChI=1S/C19H32N2O3/c1-4-5-11-24-19(23)21-17(13-15-9-7-6-8-10-15)18(22)16(20)12-14(2)3/h6-10,14,16-18,22H,4-5,11-13,20H2,1-3H3,(H,21,23)/t16?,17-,18-/m0/s1. The summed E-state index contributed by atoms with van der Waals surface area (Å²) in [6.45, 7) is 6.54. The SMILES string of the molecule is CCCCOC(=O)N[C@@H](Cc1ccccc1)[C@@H](O)C(N)CC(C)C. The molecule has 5 nitrogen and oxygen atoms in total. The first-order valence-electron chi connectivity index (χ1n) is 8.84. The fraction of sp³-hybridized carbons (Fsp3) is 0.632. The number of nitrogens with two attached hydrogens (primary N) is 1. The van der Waals surface area contributed by atoms with E-state index < -0.39 is 24.3 Å². The minimum Gasteiger partial charge on any atom is -0.450 e. The van der Waals surface area contributed by atoms with Crippen LogP contribution in [0, 0.1) is 5.92 Å². The molecule has 0 fully saturated rings. The summed E-state index contributed by atoms with van der Waals surface area (Å²) < 4.78 is 5.16. The molecular weight excluding hydrogens is 304 g/mol. The van der Waals surface area contributed by atoms with Crippen molar-refractivity contribution in [3.05, 3.63) is 35.9 Å². The molecule has 0 spiro atoms. The van der Waals surface area contributed by atoms with Crippen LogP contribution >= 0.6 is 0 Å². The van der Waals surface area contributed by atoms with E-state index in [0.29, 0.717) is 25.4 Å². The van der Waals surface area contributed by atoms with Crippen molar-refractivity contribution in [2.75, 3.05) is 6.61 Å². The van der Waals surface area contributed by atoms with E-state index in [0.717, 1.165) is 18.4 Å². The van der Waals surface area contributed by atoms with Gasteiger partial charge in [-0.3, -0.25) is 0 Å². The number of hydrogen-bond donors (Lipinski definition) is 3. The molecule has 1 rings (SSSR count). The molecular formula is C19H32N2O3. The highest BCUT2D eigenvalue weighted by Gasteiger charge is 2.28. The predicted octanol–water partition coefficient (Wildman–Crippen LogP) is 2.86. The zero-order chi connectivity index (χ0) is 17.9. The van der Waals surface area contributed by atoms with Gasteiger partial charge in [0.15, 0.2) is 0 Å². The molecule has 1 aromatic carbocycles. The summed E-state index contributed by atoms with van der Waals surface area (Å²) in [4.78, 5) is 12.0. The maximum atomic E-state index is 12.0. The lowest BCUT2D eigenvalue weighted by Crippen LogP contribution is -2.53. The van der Waals surface area contributed by atoms with Crippen LogP contribution in [0.25, 0.3) is 0 Å². The van der Waals surface area contributed by atoms with Crippen molar-refractivity contribution in [1.82, 2.24) is 5.32 Å². The van der Waals surface area contributed by atoms with Crippen molar-refractivity contribution < 1.29 is 14.6 Å². The summed E-state index contributed by atoms with van der Waals surface area (Å²) in [7, 11) is 0. The smallest absolute Gasteiger partial charge is 0.407 e. The molecule has 3 atom stereocenters. The molecule has 4 N–H and O–H groups in total. The number of carbonyl (C=O) groups is 1. The second-order valence-electron chi connectivity index (χ2n) is 6.71. The van der Waals surface area contributed by atoms with Crippen LogP contribution in [0.2, 0.25) is 0 Å².